The molecule has 4 saturated carbocycles. The van der Waals surface area contributed by atoms with Crippen molar-refractivity contribution in [2.45, 2.75) is 153 Å². The van der Waals surface area contributed by atoms with Crippen molar-refractivity contribution in [2.75, 3.05) is 49.5 Å². The van der Waals surface area contributed by atoms with Crippen molar-refractivity contribution in [1.29, 1.82) is 0 Å². The third-order valence-corrected chi connectivity index (χ3v) is 22.0. The third kappa shape index (κ3) is 22.4. The standard InChI is InChI=1S/C15H24OSi.C12H18N2O3S.C11H12N2O5.C11H16N2O.C10H12O.C8H8O2.2ClH.Sn/c1-12(2)13-8-10-14(11-9-13)16-17(6,7)15(3,4)5;1-12(4-5-12)8-6-9(13)11(17-2)10(7-8)14-18(3,15)16;1-11(3-4-11)7-5-8(12(14)15)10(18-2)9(6-7)13(16)17;1-11(3-4-11)7-5-8(12)10(14-2)9(13)6-7;1-10(6-7-10)8-2-4-9(11)5-3-8;1-6(9)7-2-4-8(10)5-3-7;;;/h8-11H,1H2,2-7H3;6-7,14H,4-5,13H2,1-3H3;5-6H,3-4H2,1-2H3;5-6H,3-4,12-13H2,1-2H3;2-5,11H,6-7H2,1H3;2-5,10H,1H3;2*1H;/q;;;;;;;;+2/p-2. The number of anilines is 4. The topological polar surface area (TPSA) is 305 Å². The average Bonchev–Trinajstić information content (AvgIpc) is 1.64. The Balaban J connectivity index is 0.000000233. The molecule has 0 aromatic heterocycles. The summed E-state index contributed by atoms with van der Waals surface area (Å²) in [6, 6.07) is 32.3. The van der Waals surface area contributed by atoms with Gasteiger partial charge in [0.25, 0.3) is 5.75 Å². The number of phenols is 2. The summed E-state index contributed by atoms with van der Waals surface area (Å²) in [6.07, 6.45) is 10.1. The van der Waals surface area contributed by atoms with Crippen molar-refractivity contribution in [3.05, 3.63) is 169 Å². The summed E-state index contributed by atoms with van der Waals surface area (Å²) in [4.78, 5) is 31.3. The molecule has 0 saturated heterocycles. The molecule has 10 rings (SSSR count). The molecule has 2 radical (unpaired) electrons. The Morgan fingerprint density at radius 3 is 1.25 bits per heavy atom. The van der Waals surface area contributed by atoms with Gasteiger partial charge in [-0.1, -0.05) is 84.9 Å². The predicted octanol–water partition coefficient (Wildman–Crippen LogP) is 16.3. The molecule has 0 aliphatic heterocycles. The Bertz CT molecular complexity index is 3570. The van der Waals surface area contributed by atoms with Crippen LogP contribution in [0, 0.1) is 20.2 Å². The number of hydrogen-bond donors (Lipinski definition) is 6. The number of halogens is 2. The molecule has 6 aromatic carbocycles. The molecule has 24 heteroatoms. The number of rotatable bonds is 15. The molecule has 0 heterocycles. The van der Waals surface area contributed by atoms with Crippen LogP contribution >= 0.6 is 17.8 Å². The van der Waals surface area contributed by atoms with E-state index in [4.69, 9.17) is 63.9 Å². The molecule has 6 aromatic rings. The van der Waals surface area contributed by atoms with Gasteiger partial charge in [0.15, 0.2) is 17.3 Å². The van der Waals surface area contributed by atoms with Crippen LogP contribution in [0.4, 0.5) is 34.1 Å². The van der Waals surface area contributed by atoms with Gasteiger partial charge < -0.3 is 46.1 Å². The molecule has 91 heavy (non-hydrogen) atoms. The van der Waals surface area contributed by atoms with Crippen molar-refractivity contribution in [2.24, 2.45) is 0 Å². The van der Waals surface area contributed by atoms with E-state index in [1.807, 2.05) is 62.4 Å². The molecule has 0 atom stereocenters. The van der Waals surface area contributed by atoms with E-state index in [-0.39, 0.29) is 44.5 Å². The van der Waals surface area contributed by atoms with Gasteiger partial charge in [0.05, 0.1) is 60.2 Å². The Morgan fingerprint density at radius 2 is 0.934 bits per heavy atom. The number of carbonyl (C=O) groups is 1. The quantitative estimate of drug-likeness (QED) is 0.0183. The zero-order valence-corrected chi connectivity index (χ0v) is 61.1. The van der Waals surface area contributed by atoms with E-state index in [1.165, 1.54) is 87.8 Å². The molecule has 0 spiro atoms. The van der Waals surface area contributed by atoms with Crippen molar-refractivity contribution < 1.29 is 51.9 Å². The van der Waals surface area contributed by atoms with Crippen LogP contribution in [0.1, 0.15) is 152 Å². The van der Waals surface area contributed by atoms with Crippen LogP contribution in [0.15, 0.2) is 116 Å². The van der Waals surface area contributed by atoms with E-state index in [0.717, 1.165) is 48.8 Å². The van der Waals surface area contributed by atoms with Crippen molar-refractivity contribution in [1.82, 2.24) is 0 Å². The molecular weight excluding hydrogens is 1350 g/mol. The van der Waals surface area contributed by atoms with E-state index >= 15 is 0 Å². The summed E-state index contributed by atoms with van der Waals surface area (Å²) in [5.41, 5.74) is 26.9. The summed E-state index contributed by atoms with van der Waals surface area (Å²) in [5, 5.41) is 40.0. The maximum absolute atomic E-state index is 11.3. The molecule has 4 aliphatic carbocycles. The number of carbonyl (C=O) groups excluding carboxylic acids is 1. The van der Waals surface area contributed by atoms with E-state index in [2.05, 4.69) is 78.1 Å². The number of methoxy groups -OCH3 is 3. The summed E-state index contributed by atoms with van der Waals surface area (Å²) in [6.45, 7) is 27.3. The molecule has 494 valence electrons. The molecule has 0 bridgehead atoms. The summed E-state index contributed by atoms with van der Waals surface area (Å²) >= 11 is -0.826. The second-order valence-electron chi connectivity index (χ2n) is 25.9. The number of phenolic OH excluding ortho intramolecular Hbond substituents is 2. The van der Waals surface area contributed by atoms with Crippen LogP contribution < -0.4 is 40.6 Å². The number of sulfonamides is 1. The van der Waals surface area contributed by atoms with E-state index < -0.39 is 47.1 Å². The number of nitrogens with two attached hydrogens (primary N) is 3. The molecule has 0 amide bonds. The van der Waals surface area contributed by atoms with E-state index in [1.54, 1.807) is 31.4 Å². The minimum absolute atomic E-state index is 0.0139. The van der Waals surface area contributed by atoms with Crippen molar-refractivity contribution in [3.8, 4) is 34.5 Å². The SMILES string of the molecule is C=C(C)c1ccc(O[Si](C)(C)C(C)(C)C)cc1.CC(=O)c1ccc(O)cc1.CC1(c2ccc(O)cc2)CC1.COc1c(N)cc(C2(C)CC2)cc1N.COc1c(N)cc(C2(C)CC2)cc1NS(C)(=O)=O.COc1c([N+](=O)[O-])cc(C2(C)CC2)cc1[N+](=O)[O-].[Cl][Sn][Cl]. The number of nitrogens with zero attached hydrogens (tertiary/aromatic N) is 2. The molecule has 9 N–H and O–H groups in total. The Hall–Kier alpha value is -6.92. The minimum atomic E-state index is -3.35. The normalized spacial score (nSPS) is 15.3. The first-order valence-corrected chi connectivity index (χ1v) is 41.4. The molecule has 0 unspecified atom stereocenters. The fourth-order valence-corrected chi connectivity index (χ4v) is 10.5. The van der Waals surface area contributed by atoms with Gasteiger partial charge in [0.1, 0.15) is 17.2 Å². The number of Topliss-reactive ketones (excluding diaryl/α,β-unsaturated/α-hetero) is 1. The van der Waals surface area contributed by atoms with Gasteiger partial charge in [0, 0.05) is 17.7 Å². The van der Waals surface area contributed by atoms with Crippen LogP contribution in [0.25, 0.3) is 5.57 Å². The number of benzene rings is 6. The van der Waals surface area contributed by atoms with Gasteiger partial charge in [0.2, 0.25) is 18.3 Å². The summed E-state index contributed by atoms with van der Waals surface area (Å²) < 4.78 is 46.4. The average molecular weight is 1440 g/mol. The number of nitro benzene ring substituents is 2. The van der Waals surface area contributed by atoms with E-state index in [0.29, 0.717) is 62.0 Å². The third-order valence-electron chi connectivity index (χ3n) is 17.1. The van der Waals surface area contributed by atoms with Gasteiger partial charge in [-0.15, -0.1) is 0 Å². The molecule has 19 nitrogen and oxygen atoms in total. The van der Waals surface area contributed by atoms with Crippen LogP contribution in [0.3, 0.4) is 0 Å². The Labute approximate surface area is 555 Å². The number of hydrogen-bond acceptors (Lipinski definition) is 16. The number of nitrogen functional groups attached to an aromatic ring is 3. The van der Waals surface area contributed by atoms with Crippen molar-refractivity contribution >= 4 is 101 Å². The fourth-order valence-electron chi connectivity index (χ4n) is 8.91. The number of ketones is 1. The number of ether oxygens (including phenoxy) is 3. The molecule has 4 fully saturated rings. The van der Waals surface area contributed by atoms with Gasteiger partial charge in [-0.3, -0.25) is 29.7 Å². The number of nitro groups is 2. The van der Waals surface area contributed by atoms with Gasteiger partial charge in [-0.05, 0) is 206 Å². The first-order valence-electron chi connectivity index (χ1n) is 29.4. The van der Waals surface area contributed by atoms with Gasteiger partial charge >= 0.3 is 48.1 Å². The second-order valence-corrected chi connectivity index (χ2v) is 36.6. The zero-order chi connectivity index (χ0) is 68.8. The zero-order valence-electron chi connectivity index (χ0n) is 54.9. The second kappa shape index (κ2) is 31.6. The number of allylic oxidation sites excluding steroid dienone is 1. The predicted molar refractivity (Wildman–Crippen MR) is 373 cm³/mol. The van der Waals surface area contributed by atoms with Crippen LogP contribution in [0.2, 0.25) is 18.1 Å². The first-order chi connectivity index (χ1) is 42.2. The fraction of sp³-hybridized carbons (Fsp3) is 0.418. The van der Waals surface area contributed by atoms with Crippen LogP contribution in [-0.2, 0) is 31.7 Å². The van der Waals surface area contributed by atoms with E-state index in [9.17, 15) is 33.4 Å². The van der Waals surface area contributed by atoms with Crippen molar-refractivity contribution in [3.63, 3.8) is 0 Å². The maximum atomic E-state index is 11.3. The Morgan fingerprint density at radius 1 is 0.604 bits per heavy atom. The Kier molecular flexibility index (Phi) is 26.6. The number of aromatic hydroxyl groups is 2. The molecular formula is C67H90Cl2N6O13SSiSn. The summed E-state index contributed by atoms with van der Waals surface area (Å²) in [5.74, 6) is 2.20. The van der Waals surface area contributed by atoms with Gasteiger partial charge in [-0.25, -0.2) is 8.42 Å². The van der Waals surface area contributed by atoms with Crippen LogP contribution in [-0.4, -0.2) is 89.1 Å². The monoisotopic (exact) mass is 1440 g/mol. The number of nitrogens with one attached hydrogen (secondary N) is 1. The molecule has 4 aliphatic rings. The van der Waals surface area contributed by atoms with Crippen LogP contribution in [0.5, 0.6) is 34.5 Å². The first kappa shape index (κ1) is 76.5. The van der Waals surface area contributed by atoms with Gasteiger partial charge in [-0.2, -0.15) is 0 Å². The summed E-state index contributed by atoms with van der Waals surface area (Å²) in [7, 11) is 9.04.